The van der Waals surface area contributed by atoms with E-state index in [9.17, 15) is 0 Å². The fraction of sp³-hybridized carbons (Fsp3) is 0.600. The average molecular weight is 330 g/mol. The summed E-state index contributed by atoms with van der Waals surface area (Å²) in [5.74, 6) is 2.30. The molecule has 0 fully saturated rings. The number of benzene rings is 1. The second-order valence-electron chi connectivity index (χ2n) is 4.57. The van der Waals surface area contributed by atoms with Crippen molar-refractivity contribution in [3.8, 4) is 11.5 Å². The molecular formula is C15H24BrNO2. The zero-order valence-electron chi connectivity index (χ0n) is 12.4. The summed E-state index contributed by atoms with van der Waals surface area (Å²) in [4.78, 5) is 0. The van der Waals surface area contributed by atoms with E-state index in [1.807, 2.05) is 13.1 Å². The molecule has 0 saturated heterocycles. The summed E-state index contributed by atoms with van der Waals surface area (Å²) in [5.41, 5.74) is 1.15. The molecule has 0 aliphatic rings. The minimum absolute atomic E-state index is 0.270. The van der Waals surface area contributed by atoms with Crippen LogP contribution in [0.25, 0.3) is 0 Å². The van der Waals surface area contributed by atoms with Gasteiger partial charge in [-0.1, -0.05) is 26.7 Å². The zero-order chi connectivity index (χ0) is 14.4. The topological polar surface area (TPSA) is 30.5 Å². The lowest BCUT2D eigenvalue weighted by Gasteiger charge is -2.27. The van der Waals surface area contributed by atoms with Gasteiger partial charge < -0.3 is 14.8 Å². The summed E-state index contributed by atoms with van der Waals surface area (Å²) in [7, 11) is 5.39. The van der Waals surface area contributed by atoms with Gasteiger partial charge in [-0.15, -0.1) is 0 Å². The first kappa shape index (κ1) is 16.3. The summed E-state index contributed by atoms with van der Waals surface area (Å²) >= 11 is 3.50. The average Bonchev–Trinajstić information content (AvgIpc) is 2.44. The molecule has 0 amide bonds. The molecule has 1 atom stereocenters. The Kier molecular flexibility index (Phi) is 6.66. The smallest absolute Gasteiger partial charge is 0.133 e. The van der Waals surface area contributed by atoms with E-state index in [1.54, 1.807) is 14.2 Å². The van der Waals surface area contributed by atoms with E-state index in [0.29, 0.717) is 5.92 Å². The van der Waals surface area contributed by atoms with Crippen molar-refractivity contribution < 1.29 is 9.47 Å². The summed E-state index contributed by atoms with van der Waals surface area (Å²) in [6.07, 6.45) is 2.26. The molecule has 1 aromatic rings. The molecular weight excluding hydrogens is 306 g/mol. The molecule has 0 bridgehead atoms. The molecule has 0 aliphatic carbocycles. The van der Waals surface area contributed by atoms with Crippen molar-refractivity contribution in [3.05, 3.63) is 22.2 Å². The summed E-state index contributed by atoms with van der Waals surface area (Å²) in [5, 5.41) is 3.41. The van der Waals surface area contributed by atoms with Gasteiger partial charge in [-0.3, -0.25) is 0 Å². The molecule has 4 heteroatoms. The second-order valence-corrected chi connectivity index (χ2v) is 5.43. The van der Waals surface area contributed by atoms with E-state index < -0.39 is 0 Å². The lowest BCUT2D eigenvalue weighted by atomic mass is 9.88. The minimum atomic E-state index is 0.270. The molecule has 0 spiro atoms. The van der Waals surface area contributed by atoms with Crippen molar-refractivity contribution in [2.45, 2.75) is 32.7 Å². The Bertz CT molecular complexity index is 405. The molecule has 1 N–H and O–H groups in total. The maximum absolute atomic E-state index is 5.52. The van der Waals surface area contributed by atoms with Crippen LogP contribution in [0.2, 0.25) is 0 Å². The molecule has 1 rings (SSSR count). The third kappa shape index (κ3) is 3.63. The van der Waals surface area contributed by atoms with E-state index >= 15 is 0 Å². The number of halogens is 1. The molecule has 3 nitrogen and oxygen atoms in total. The van der Waals surface area contributed by atoms with E-state index in [-0.39, 0.29) is 6.04 Å². The molecule has 1 unspecified atom stereocenters. The third-order valence-electron chi connectivity index (χ3n) is 3.67. The van der Waals surface area contributed by atoms with Gasteiger partial charge in [0.15, 0.2) is 0 Å². The van der Waals surface area contributed by atoms with Crippen molar-refractivity contribution in [3.63, 3.8) is 0 Å². The standard InChI is InChI=1S/C15H24BrNO2/c1-6-10(7-2)15(17-3)11-8-14(19-5)12(16)9-13(11)18-4/h8-10,15,17H,6-7H2,1-5H3. The van der Waals surface area contributed by atoms with Crippen LogP contribution in [0.5, 0.6) is 11.5 Å². The zero-order valence-corrected chi connectivity index (χ0v) is 14.0. The first-order valence-corrected chi connectivity index (χ1v) is 7.50. The van der Waals surface area contributed by atoms with Gasteiger partial charge in [0.1, 0.15) is 11.5 Å². The van der Waals surface area contributed by atoms with Gasteiger partial charge in [0.2, 0.25) is 0 Å². The monoisotopic (exact) mass is 329 g/mol. The highest BCUT2D eigenvalue weighted by molar-refractivity contribution is 9.10. The number of hydrogen-bond donors (Lipinski definition) is 1. The number of ether oxygens (including phenoxy) is 2. The highest BCUT2D eigenvalue weighted by Gasteiger charge is 2.23. The summed E-state index contributed by atoms with van der Waals surface area (Å²) in [6, 6.07) is 4.30. The van der Waals surface area contributed by atoms with Crippen LogP contribution < -0.4 is 14.8 Å². The summed E-state index contributed by atoms with van der Waals surface area (Å²) < 4.78 is 11.8. The predicted molar refractivity (Wildman–Crippen MR) is 83.1 cm³/mol. The second kappa shape index (κ2) is 7.75. The highest BCUT2D eigenvalue weighted by atomic mass is 79.9. The van der Waals surface area contributed by atoms with E-state index in [1.165, 1.54) is 0 Å². The highest BCUT2D eigenvalue weighted by Crippen LogP contribution is 2.39. The fourth-order valence-corrected chi connectivity index (χ4v) is 3.02. The fourth-order valence-electron chi connectivity index (χ4n) is 2.53. The van der Waals surface area contributed by atoms with Gasteiger partial charge in [-0.2, -0.15) is 0 Å². The first-order valence-electron chi connectivity index (χ1n) is 6.71. The molecule has 0 saturated carbocycles. The Morgan fingerprint density at radius 2 is 1.68 bits per heavy atom. The molecule has 0 radical (unpaired) electrons. The Morgan fingerprint density at radius 1 is 1.11 bits per heavy atom. The van der Waals surface area contributed by atoms with Gasteiger partial charge in [-0.25, -0.2) is 0 Å². The minimum Gasteiger partial charge on any atom is -0.496 e. The van der Waals surface area contributed by atoms with Gasteiger partial charge in [-0.05, 0) is 41.0 Å². The molecule has 1 aromatic carbocycles. The van der Waals surface area contributed by atoms with Crippen LogP contribution in [0.15, 0.2) is 16.6 Å². The van der Waals surface area contributed by atoms with Crippen molar-refractivity contribution in [1.82, 2.24) is 5.32 Å². The Hall–Kier alpha value is -0.740. The van der Waals surface area contributed by atoms with Crippen LogP contribution in [0.4, 0.5) is 0 Å². The molecule has 0 aromatic heterocycles. The summed E-state index contributed by atoms with van der Waals surface area (Å²) in [6.45, 7) is 4.45. The Morgan fingerprint density at radius 3 is 2.11 bits per heavy atom. The van der Waals surface area contributed by atoms with Crippen LogP contribution in [0.3, 0.4) is 0 Å². The van der Waals surface area contributed by atoms with E-state index in [2.05, 4.69) is 41.2 Å². The van der Waals surface area contributed by atoms with Crippen LogP contribution in [-0.4, -0.2) is 21.3 Å². The largest absolute Gasteiger partial charge is 0.496 e. The lowest BCUT2D eigenvalue weighted by Crippen LogP contribution is -2.25. The van der Waals surface area contributed by atoms with Gasteiger partial charge >= 0.3 is 0 Å². The maximum atomic E-state index is 5.52. The third-order valence-corrected chi connectivity index (χ3v) is 4.29. The van der Waals surface area contributed by atoms with Crippen LogP contribution in [0.1, 0.15) is 38.3 Å². The van der Waals surface area contributed by atoms with Crippen molar-refractivity contribution >= 4 is 15.9 Å². The Balaban J connectivity index is 3.28. The number of hydrogen-bond acceptors (Lipinski definition) is 3. The van der Waals surface area contributed by atoms with Crippen molar-refractivity contribution in [1.29, 1.82) is 0 Å². The molecule has 19 heavy (non-hydrogen) atoms. The van der Waals surface area contributed by atoms with E-state index in [4.69, 9.17) is 9.47 Å². The van der Waals surface area contributed by atoms with Crippen LogP contribution in [-0.2, 0) is 0 Å². The lowest BCUT2D eigenvalue weighted by molar-refractivity contribution is 0.336. The maximum Gasteiger partial charge on any atom is 0.133 e. The van der Waals surface area contributed by atoms with Gasteiger partial charge in [0, 0.05) is 11.6 Å². The SMILES string of the molecule is CCC(CC)C(NC)c1cc(OC)c(Br)cc1OC. The van der Waals surface area contributed by atoms with Crippen molar-refractivity contribution in [2.24, 2.45) is 5.92 Å². The van der Waals surface area contributed by atoms with E-state index in [0.717, 1.165) is 34.4 Å². The van der Waals surface area contributed by atoms with Crippen molar-refractivity contribution in [2.75, 3.05) is 21.3 Å². The van der Waals surface area contributed by atoms with Crippen LogP contribution in [0, 0.1) is 5.92 Å². The normalized spacial score (nSPS) is 12.6. The van der Waals surface area contributed by atoms with Gasteiger partial charge in [0.25, 0.3) is 0 Å². The predicted octanol–water partition coefficient (Wildman–Crippen LogP) is 4.16. The number of methoxy groups -OCH3 is 2. The van der Waals surface area contributed by atoms with Crippen LogP contribution >= 0.6 is 15.9 Å². The first-order chi connectivity index (χ1) is 9.12. The molecule has 108 valence electrons. The molecule has 0 aliphatic heterocycles. The molecule has 0 heterocycles. The number of nitrogens with one attached hydrogen (secondary N) is 1. The number of rotatable bonds is 7. The Labute approximate surface area is 124 Å². The quantitative estimate of drug-likeness (QED) is 0.814. The van der Waals surface area contributed by atoms with Gasteiger partial charge in [0.05, 0.1) is 18.7 Å².